The van der Waals surface area contributed by atoms with Crippen LogP contribution in [0.5, 0.6) is 0 Å². The quantitative estimate of drug-likeness (QED) is 0.282. The monoisotopic (exact) mass is 343 g/mol. The SMILES string of the molecule is O=C(NCCOC1OC(CO)C(O)C(O)C1O)C1C[C@H]2C=CC1C2. The van der Waals surface area contributed by atoms with Gasteiger partial charge >= 0.3 is 0 Å². The summed E-state index contributed by atoms with van der Waals surface area (Å²) in [5.74, 6) is 0.883. The van der Waals surface area contributed by atoms with E-state index in [0.29, 0.717) is 11.8 Å². The molecule has 3 rings (SSSR count). The maximum atomic E-state index is 12.2. The lowest BCUT2D eigenvalue weighted by Gasteiger charge is -2.39. The van der Waals surface area contributed by atoms with Gasteiger partial charge in [0.2, 0.25) is 5.91 Å². The van der Waals surface area contributed by atoms with E-state index in [4.69, 9.17) is 14.6 Å². The van der Waals surface area contributed by atoms with Gasteiger partial charge in [-0.15, -0.1) is 0 Å². The van der Waals surface area contributed by atoms with Gasteiger partial charge < -0.3 is 35.2 Å². The molecule has 1 saturated heterocycles. The van der Waals surface area contributed by atoms with Crippen LogP contribution >= 0.6 is 0 Å². The number of fused-ring (bicyclic) bond motifs is 2. The highest BCUT2D eigenvalue weighted by Crippen LogP contribution is 2.43. The highest BCUT2D eigenvalue weighted by Gasteiger charge is 2.44. The number of allylic oxidation sites excluding steroid dienone is 2. The number of nitrogens with one attached hydrogen (secondary N) is 1. The number of carbonyl (C=O) groups is 1. The van der Waals surface area contributed by atoms with Crippen LogP contribution in [-0.2, 0) is 14.3 Å². The van der Waals surface area contributed by atoms with Crippen LogP contribution in [0, 0.1) is 17.8 Å². The van der Waals surface area contributed by atoms with Crippen LogP contribution in [0.4, 0.5) is 0 Å². The summed E-state index contributed by atoms with van der Waals surface area (Å²) in [6.07, 6.45) is -0.216. The maximum absolute atomic E-state index is 12.2. The number of ether oxygens (including phenoxy) is 2. The van der Waals surface area contributed by atoms with Crippen molar-refractivity contribution in [2.24, 2.45) is 17.8 Å². The second kappa shape index (κ2) is 7.47. The highest BCUT2D eigenvalue weighted by molar-refractivity contribution is 5.79. The van der Waals surface area contributed by atoms with Crippen molar-refractivity contribution in [3.05, 3.63) is 12.2 Å². The van der Waals surface area contributed by atoms with Gasteiger partial charge in [0.15, 0.2) is 6.29 Å². The molecule has 1 amide bonds. The average molecular weight is 343 g/mol. The van der Waals surface area contributed by atoms with Gasteiger partial charge in [-0.3, -0.25) is 4.79 Å². The van der Waals surface area contributed by atoms with E-state index in [0.717, 1.165) is 12.8 Å². The van der Waals surface area contributed by atoms with Gasteiger partial charge in [-0.2, -0.15) is 0 Å². The molecule has 5 N–H and O–H groups in total. The second-order valence-electron chi connectivity index (χ2n) is 6.75. The summed E-state index contributed by atoms with van der Waals surface area (Å²) in [4.78, 5) is 12.2. The van der Waals surface area contributed by atoms with E-state index in [1.165, 1.54) is 0 Å². The molecule has 136 valence electrons. The summed E-state index contributed by atoms with van der Waals surface area (Å²) in [6, 6.07) is 0. The van der Waals surface area contributed by atoms with Crippen molar-refractivity contribution >= 4 is 5.91 Å². The molecule has 24 heavy (non-hydrogen) atoms. The Morgan fingerprint density at radius 1 is 1.17 bits per heavy atom. The Bertz CT molecular complexity index is 483. The molecule has 0 spiro atoms. The van der Waals surface area contributed by atoms with Gasteiger partial charge in [0, 0.05) is 12.5 Å². The Hall–Kier alpha value is -1.03. The Balaban J connectivity index is 1.40. The number of hydrogen-bond donors (Lipinski definition) is 5. The molecule has 1 heterocycles. The molecule has 0 aromatic rings. The predicted octanol–water partition coefficient (Wildman–Crippen LogP) is -1.87. The maximum Gasteiger partial charge on any atom is 0.223 e. The average Bonchev–Trinajstić information content (AvgIpc) is 3.21. The van der Waals surface area contributed by atoms with E-state index >= 15 is 0 Å². The van der Waals surface area contributed by atoms with Gasteiger partial charge in [0.1, 0.15) is 24.4 Å². The number of rotatable bonds is 6. The lowest BCUT2D eigenvalue weighted by molar-refractivity contribution is -0.300. The summed E-state index contributed by atoms with van der Waals surface area (Å²) in [6.45, 7) is -0.157. The van der Waals surface area contributed by atoms with E-state index in [1.807, 2.05) is 0 Å². The van der Waals surface area contributed by atoms with E-state index in [-0.39, 0.29) is 25.0 Å². The van der Waals surface area contributed by atoms with Gasteiger partial charge in [-0.05, 0) is 24.7 Å². The topological polar surface area (TPSA) is 128 Å². The van der Waals surface area contributed by atoms with Crippen molar-refractivity contribution in [1.82, 2.24) is 5.32 Å². The molecule has 7 unspecified atom stereocenters. The number of carbonyl (C=O) groups excluding carboxylic acids is 1. The molecule has 8 nitrogen and oxygen atoms in total. The fraction of sp³-hybridized carbons (Fsp3) is 0.812. The molecule has 0 aromatic heterocycles. The van der Waals surface area contributed by atoms with E-state index in [9.17, 15) is 20.1 Å². The highest BCUT2D eigenvalue weighted by atomic mass is 16.7. The molecule has 2 fully saturated rings. The lowest BCUT2D eigenvalue weighted by Crippen LogP contribution is -2.59. The minimum atomic E-state index is -1.46. The zero-order valence-corrected chi connectivity index (χ0v) is 13.3. The van der Waals surface area contributed by atoms with Crippen LogP contribution in [0.3, 0.4) is 0 Å². The van der Waals surface area contributed by atoms with Gasteiger partial charge in [0.05, 0.1) is 13.2 Å². The van der Waals surface area contributed by atoms with Gasteiger partial charge in [-0.1, -0.05) is 12.2 Å². The summed E-state index contributed by atoms with van der Waals surface area (Å²) in [7, 11) is 0. The fourth-order valence-corrected chi connectivity index (χ4v) is 3.77. The largest absolute Gasteiger partial charge is 0.394 e. The first-order chi connectivity index (χ1) is 11.5. The van der Waals surface area contributed by atoms with Crippen molar-refractivity contribution in [2.45, 2.75) is 43.5 Å². The first kappa shape index (κ1) is 17.8. The Morgan fingerprint density at radius 3 is 2.58 bits per heavy atom. The molecule has 1 aliphatic heterocycles. The van der Waals surface area contributed by atoms with E-state index in [2.05, 4.69) is 17.5 Å². The molecule has 2 aliphatic carbocycles. The molecule has 0 aromatic carbocycles. The molecular weight excluding hydrogens is 318 g/mol. The summed E-state index contributed by atoms with van der Waals surface area (Å²) >= 11 is 0. The first-order valence-electron chi connectivity index (χ1n) is 8.39. The van der Waals surface area contributed by atoms with Crippen LogP contribution in [0.15, 0.2) is 12.2 Å². The Labute approximate surface area is 140 Å². The van der Waals surface area contributed by atoms with Crippen LogP contribution in [0.25, 0.3) is 0 Å². The number of hydrogen-bond acceptors (Lipinski definition) is 7. The molecule has 2 bridgehead atoms. The van der Waals surface area contributed by atoms with E-state index in [1.54, 1.807) is 0 Å². The smallest absolute Gasteiger partial charge is 0.223 e. The molecule has 8 atom stereocenters. The van der Waals surface area contributed by atoms with Crippen LogP contribution in [-0.4, -0.2) is 76.8 Å². The summed E-state index contributed by atoms with van der Waals surface area (Å²) in [5.41, 5.74) is 0. The zero-order valence-electron chi connectivity index (χ0n) is 13.3. The fourth-order valence-electron chi connectivity index (χ4n) is 3.77. The summed E-state index contributed by atoms with van der Waals surface area (Å²) in [5, 5.41) is 41.1. The minimum absolute atomic E-state index is 0.00394. The predicted molar refractivity (Wildman–Crippen MR) is 81.6 cm³/mol. The van der Waals surface area contributed by atoms with Crippen molar-refractivity contribution in [3.8, 4) is 0 Å². The van der Waals surface area contributed by atoms with Crippen molar-refractivity contribution in [3.63, 3.8) is 0 Å². The molecule has 3 aliphatic rings. The number of aliphatic hydroxyl groups excluding tert-OH is 4. The number of aliphatic hydroxyl groups is 4. The Kier molecular flexibility index (Phi) is 5.53. The van der Waals surface area contributed by atoms with E-state index < -0.39 is 37.3 Å². The van der Waals surface area contributed by atoms with Crippen molar-refractivity contribution in [1.29, 1.82) is 0 Å². The van der Waals surface area contributed by atoms with Gasteiger partial charge in [-0.25, -0.2) is 0 Å². The molecular formula is C16H25NO7. The molecule has 8 heteroatoms. The third-order valence-electron chi connectivity index (χ3n) is 5.15. The minimum Gasteiger partial charge on any atom is -0.394 e. The van der Waals surface area contributed by atoms with Crippen molar-refractivity contribution < 1.29 is 34.7 Å². The van der Waals surface area contributed by atoms with Crippen LogP contribution < -0.4 is 5.32 Å². The second-order valence-corrected chi connectivity index (χ2v) is 6.75. The van der Waals surface area contributed by atoms with Crippen LogP contribution in [0.1, 0.15) is 12.8 Å². The van der Waals surface area contributed by atoms with Crippen molar-refractivity contribution in [2.75, 3.05) is 19.8 Å². The summed E-state index contributed by atoms with van der Waals surface area (Å²) < 4.78 is 10.6. The van der Waals surface area contributed by atoms with Crippen LogP contribution in [0.2, 0.25) is 0 Å². The number of amides is 1. The zero-order chi connectivity index (χ0) is 17.3. The first-order valence-corrected chi connectivity index (χ1v) is 8.39. The molecule has 1 saturated carbocycles. The molecule has 0 radical (unpaired) electrons. The van der Waals surface area contributed by atoms with Gasteiger partial charge in [0.25, 0.3) is 0 Å². The standard InChI is InChI=1S/C16H25NO7/c18-7-11-12(19)13(20)14(21)16(24-11)23-4-3-17-15(22)10-6-8-1-2-9(10)5-8/h1-2,8-14,16,18-21H,3-7H2,(H,17,22)/t8-,9?,10?,11?,12?,13?,14?,16?/m0/s1. The Morgan fingerprint density at radius 2 is 1.96 bits per heavy atom. The lowest BCUT2D eigenvalue weighted by atomic mass is 9.93. The third-order valence-corrected chi connectivity index (χ3v) is 5.15. The third kappa shape index (κ3) is 3.49. The normalized spacial score (nSPS) is 44.0.